The van der Waals surface area contributed by atoms with Crippen molar-refractivity contribution in [3.05, 3.63) is 0 Å². The summed E-state index contributed by atoms with van der Waals surface area (Å²) in [6.07, 6.45) is 29.1. The van der Waals surface area contributed by atoms with Gasteiger partial charge in [0.25, 0.3) is 0 Å². The smallest absolute Gasteiger partial charge is 0.0380 e. The molecule has 0 radical (unpaired) electrons. The molecule has 0 heterocycles. The van der Waals surface area contributed by atoms with E-state index in [0.717, 1.165) is 41.4 Å². The first-order chi connectivity index (χ1) is 14.2. The lowest BCUT2D eigenvalue weighted by Crippen LogP contribution is -2.32. The second kappa shape index (κ2) is 12.8. The van der Waals surface area contributed by atoms with E-state index >= 15 is 0 Å². The first-order valence-electron chi connectivity index (χ1n) is 14.2. The summed E-state index contributed by atoms with van der Waals surface area (Å²) in [5.41, 5.74) is 0. The average molecular weight is 403 g/mol. The van der Waals surface area contributed by atoms with Crippen molar-refractivity contribution < 1.29 is 0 Å². The van der Waals surface area contributed by atoms with Crippen LogP contribution in [-0.4, -0.2) is 0 Å². The van der Waals surface area contributed by atoms with E-state index in [1.165, 1.54) is 64.2 Å². The second-order valence-corrected chi connectivity index (χ2v) is 11.8. The molecule has 0 bridgehead atoms. The van der Waals surface area contributed by atoms with Crippen LogP contribution in [0.5, 0.6) is 0 Å². The van der Waals surface area contributed by atoms with Crippen LogP contribution in [0.3, 0.4) is 0 Å². The van der Waals surface area contributed by atoms with Crippen molar-refractivity contribution in [3.63, 3.8) is 0 Å². The molecule has 29 heavy (non-hydrogen) atoms. The Bertz CT molecular complexity index is 426. The van der Waals surface area contributed by atoms with Crippen molar-refractivity contribution in [3.8, 4) is 0 Å². The molecule has 0 aromatic rings. The van der Waals surface area contributed by atoms with Gasteiger partial charge in [0.15, 0.2) is 0 Å². The van der Waals surface area contributed by atoms with Gasteiger partial charge in [-0.25, -0.2) is 0 Å². The van der Waals surface area contributed by atoms with Gasteiger partial charge in [-0.2, -0.15) is 0 Å². The zero-order valence-electron chi connectivity index (χ0n) is 20.5. The number of hydrogen-bond donors (Lipinski definition) is 0. The van der Waals surface area contributed by atoms with E-state index in [9.17, 15) is 0 Å². The van der Waals surface area contributed by atoms with Crippen LogP contribution in [0, 0.1) is 41.4 Å². The highest BCUT2D eigenvalue weighted by Crippen LogP contribution is 2.47. The summed E-state index contributed by atoms with van der Waals surface area (Å²) in [6, 6.07) is 0. The maximum atomic E-state index is 2.54. The van der Waals surface area contributed by atoms with Crippen molar-refractivity contribution in [1.82, 2.24) is 0 Å². The van der Waals surface area contributed by atoms with Crippen LogP contribution in [0.4, 0.5) is 0 Å². The van der Waals surface area contributed by atoms with Crippen LogP contribution in [-0.2, 0) is 0 Å². The van der Waals surface area contributed by atoms with Gasteiger partial charge in [0.05, 0.1) is 0 Å². The molecule has 0 aliphatic heterocycles. The molecule has 170 valence electrons. The van der Waals surface area contributed by atoms with E-state index in [-0.39, 0.29) is 0 Å². The molecule has 0 N–H and O–H groups in total. The Morgan fingerprint density at radius 3 is 2.03 bits per heavy atom. The minimum absolute atomic E-state index is 0.990. The summed E-state index contributed by atoms with van der Waals surface area (Å²) >= 11 is 0. The molecule has 0 spiro atoms. The number of unbranched alkanes of at least 4 members (excludes halogenated alkanes) is 2. The molecule has 0 aromatic carbocycles. The highest BCUT2D eigenvalue weighted by Gasteiger charge is 2.36. The highest BCUT2D eigenvalue weighted by atomic mass is 14.4. The standard InChI is InChI=1S/C29H54/c1-4-6-10-13-24-17-19-26-14-11-8-7-9-12-15-27(22-29(26)20-24)28-18-16-23(3)25(5-2)21-28/h23-29H,4-22H2,1-3H3. The summed E-state index contributed by atoms with van der Waals surface area (Å²) in [6.45, 7) is 7.36. The third-order valence-electron chi connectivity index (χ3n) is 9.81. The predicted octanol–water partition coefficient (Wildman–Crippen LogP) is 9.81. The fraction of sp³-hybridized carbons (Fsp3) is 1.00. The minimum Gasteiger partial charge on any atom is -0.0654 e. The Morgan fingerprint density at radius 2 is 1.28 bits per heavy atom. The summed E-state index contributed by atoms with van der Waals surface area (Å²) in [5.74, 6) is 7.39. The van der Waals surface area contributed by atoms with Gasteiger partial charge < -0.3 is 0 Å². The predicted molar refractivity (Wildman–Crippen MR) is 129 cm³/mol. The van der Waals surface area contributed by atoms with Gasteiger partial charge in [0, 0.05) is 0 Å². The Labute approximate surface area is 184 Å². The largest absolute Gasteiger partial charge is 0.0654 e. The molecular formula is C29H54. The summed E-state index contributed by atoms with van der Waals surface area (Å²) in [4.78, 5) is 0. The van der Waals surface area contributed by atoms with Crippen molar-refractivity contribution in [1.29, 1.82) is 0 Å². The first kappa shape index (κ1) is 23.7. The third-order valence-corrected chi connectivity index (χ3v) is 9.81. The molecule has 0 saturated heterocycles. The molecule has 0 nitrogen and oxygen atoms in total. The summed E-state index contributed by atoms with van der Waals surface area (Å²) < 4.78 is 0. The molecule has 0 amide bonds. The maximum Gasteiger partial charge on any atom is -0.0380 e. The van der Waals surface area contributed by atoms with Gasteiger partial charge in [-0.3, -0.25) is 0 Å². The van der Waals surface area contributed by atoms with Gasteiger partial charge in [-0.05, 0) is 73.5 Å². The van der Waals surface area contributed by atoms with Gasteiger partial charge in [-0.15, -0.1) is 0 Å². The minimum atomic E-state index is 0.990. The molecule has 3 fully saturated rings. The van der Waals surface area contributed by atoms with Crippen LogP contribution in [0.1, 0.15) is 143 Å². The third kappa shape index (κ3) is 7.28. The second-order valence-electron chi connectivity index (χ2n) is 11.8. The van der Waals surface area contributed by atoms with E-state index < -0.39 is 0 Å². The molecule has 3 saturated carbocycles. The summed E-state index contributed by atoms with van der Waals surface area (Å²) in [5, 5.41) is 0. The van der Waals surface area contributed by atoms with Crippen LogP contribution < -0.4 is 0 Å². The number of rotatable bonds is 6. The Balaban J connectivity index is 1.65. The SMILES string of the molecule is CCCCCC1CCC2CCCCCCCC(C3CCC(C)C(CC)C3)CC2C1. The molecule has 3 rings (SSSR count). The lowest BCUT2D eigenvalue weighted by molar-refractivity contribution is 0.0830. The van der Waals surface area contributed by atoms with E-state index in [4.69, 9.17) is 0 Å². The quantitative estimate of drug-likeness (QED) is 0.388. The zero-order valence-corrected chi connectivity index (χ0v) is 20.5. The van der Waals surface area contributed by atoms with Crippen LogP contribution in [0.2, 0.25) is 0 Å². The maximum absolute atomic E-state index is 2.54. The molecule has 3 aliphatic rings. The molecular weight excluding hydrogens is 348 g/mol. The van der Waals surface area contributed by atoms with Crippen molar-refractivity contribution in [2.45, 2.75) is 143 Å². The zero-order chi connectivity index (χ0) is 20.5. The molecule has 0 aromatic heterocycles. The highest BCUT2D eigenvalue weighted by molar-refractivity contribution is 4.87. The van der Waals surface area contributed by atoms with Crippen LogP contribution in [0.15, 0.2) is 0 Å². The fourth-order valence-corrected chi connectivity index (χ4v) is 7.76. The Kier molecular flexibility index (Phi) is 10.4. The molecule has 3 aliphatic carbocycles. The lowest BCUT2D eigenvalue weighted by Gasteiger charge is -2.42. The average Bonchev–Trinajstić information content (AvgIpc) is 2.78. The van der Waals surface area contributed by atoms with E-state index in [2.05, 4.69) is 20.8 Å². The van der Waals surface area contributed by atoms with Crippen LogP contribution >= 0.6 is 0 Å². The Morgan fingerprint density at radius 1 is 0.586 bits per heavy atom. The first-order valence-corrected chi connectivity index (χ1v) is 14.2. The Hall–Kier alpha value is 0. The van der Waals surface area contributed by atoms with Crippen LogP contribution in [0.25, 0.3) is 0 Å². The monoisotopic (exact) mass is 402 g/mol. The molecule has 7 unspecified atom stereocenters. The van der Waals surface area contributed by atoms with E-state index in [0.29, 0.717) is 0 Å². The van der Waals surface area contributed by atoms with Gasteiger partial charge >= 0.3 is 0 Å². The van der Waals surface area contributed by atoms with Gasteiger partial charge in [0.2, 0.25) is 0 Å². The molecule has 7 atom stereocenters. The summed E-state index contributed by atoms with van der Waals surface area (Å²) in [7, 11) is 0. The van der Waals surface area contributed by atoms with Gasteiger partial charge in [0.1, 0.15) is 0 Å². The number of fused-ring (bicyclic) bond motifs is 1. The van der Waals surface area contributed by atoms with E-state index in [1.807, 2.05) is 0 Å². The van der Waals surface area contributed by atoms with Crippen molar-refractivity contribution in [2.24, 2.45) is 41.4 Å². The number of hydrogen-bond acceptors (Lipinski definition) is 0. The topological polar surface area (TPSA) is 0 Å². The van der Waals surface area contributed by atoms with Crippen molar-refractivity contribution in [2.75, 3.05) is 0 Å². The molecule has 0 heteroatoms. The van der Waals surface area contributed by atoms with Crippen molar-refractivity contribution >= 4 is 0 Å². The van der Waals surface area contributed by atoms with E-state index in [1.54, 1.807) is 57.8 Å². The van der Waals surface area contributed by atoms with Gasteiger partial charge in [-0.1, -0.05) is 111 Å². The fourth-order valence-electron chi connectivity index (χ4n) is 7.76. The lowest BCUT2D eigenvalue weighted by atomic mass is 9.63. The normalized spacial score (nSPS) is 40.0.